The van der Waals surface area contributed by atoms with E-state index in [2.05, 4.69) is 17.4 Å². The third kappa shape index (κ3) is 20.9. The first-order chi connectivity index (χ1) is 20.6. The molecule has 234 valence electrons. The third-order valence-corrected chi connectivity index (χ3v) is 5.44. The van der Waals surface area contributed by atoms with E-state index in [1.54, 1.807) is 55.6 Å². The number of methoxy groups -OCH3 is 1. The highest BCUT2D eigenvalue weighted by Gasteiger charge is 2.09. The van der Waals surface area contributed by atoms with Gasteiger partial charge in [-0.05, 0) is 79.9 Å². The van der Waals surface area contributed by atoms with Gasteiger partial charge < -0.3 is 37.5 Å². The number of carbonyl (C=O) groups excluding carboxylic acids is 2. The third-order valence-electron chi connectivity index (χ3n) is 5.44. The summed E-state index contributed by atoms with van der Waals surface area (Å²) in [6, 6.07) is 23.2. The number of hydrogen-bond acceptors (Lipinski definition) is 8. The maximum Gasteiger partial charge on any atom is 0.320 e. The molecule has 0 fully saturated rings. The molecule has 0 bridgehead atoms. The minimum absolute atomic E-state index is 0.0595. The number of hydrogen-bond donors (Lipinski definition) is 6. The van der Waals surface area contributed by atoms with Gasteiger partial charge in [-0.25, -0.2) is 0 Å². The van der Waals surface area contributed by atoms with E-state index in [4.69, 9.17) is 32.2 Å². The van der Waals surface area contributed by atoms with Gasteiger partial charge in [-0.15, -0.1) is 0 Å². The van der Waals surface area contributed by atoms with Crippen LogP contribution in [0.3, 0.4) is 0 Å². The molecule has 0 heterocycles. The van der Waals surface area contributed by atoms with Crippen LogP contribution in [0.4, 0.5) is 5.69 Å². The lowest BCUT2D eigenvalue weighted by molar-refractivity contribution is -0.139. The van der Waals surface area contributed by atoms with Gasteiger partial charge >= 0.3 is 11.9 Å². The Morgan fingerprint density at radius 3 is 1.91 bits per heavy atom. The van der Waals surface area contributed by atoms with Crippen LogP contribution < -0.4 is 27.3 Å². The lowest BCUT2D eigenvalue weighted by Crippen LogP contribution is -2.29. The Morgan fingerprint density at radius 1 is 0.860 bits per heavy atom. The Labute approximate surface area is 253 Å². The molecule has 1 amide bonds. The van der Waals surface area contributed by atoms with Crippen molar-refractivity contribution < 1.29 is 34.1 Å². The van der Waals surface area contributed by atoms with Crippen LogP contribution in [0.1, 0.15) is 47.7 Å². The van der Waals surface area contributed by atoms with Crippen LogP contribution in [0.5, 0.6) is 5.75 Å². The highest BCUT2D eigenvalue weighted by molar-refractivity contribution is 5.89. The van der Waals surface area contributed by atoms with Crippen LogP contribution in [-0.2, 0) is 27.2 Å². The monoisotopic (exact) mass is 596 g/mol. The second-order valence-electron chi connectivity index (χ2n) is 9.09. The molecular formula is C32H44N4O7. The average Bonchev–Trinajstić information content (AvgIpc) is 2.99. The number of aliphatic carboxylic acids is 2. The van der Waals surface area contributed by atoms with Crippen molar-refractivity contribution in [2.75, 3.05) is 25.5 Å². The van der Waals surface area contributed by atoms with Crippen molar-refractivity contribution in [3.63, 3.8) is 0 Å². The number of anilines is 1. The number of ether oxygens (including phenoxy) is 1. The summed E-state index contributed by atoms with van der Waals surface area (Å²) < 4.78 is 4.93. The molecule has 1 unspecified atom stereocenters. The number of carboxylic acid groups (broad SMARTS) is 2. The molecule has 3 aromatic carbocycles. The van der Waals surface area contributed by atoms with Crippen molar-refractivity contribution in [3.05, 3.63) is 95.6 Å². The van der Waals surface area contributed by atoms with Crippen LogP contribution in [-0.4, -0.2) is 60.6 Å². The number of amides is 1. The van der Waals surface area contributed by atoms with E-state index in [1.807, 2.05) is 18.2 Å². The molecule has 9 N–H and O–H groups in total. The number of nitrogens with one attached hydrogen (secondary N) is 1. The average molecular weight is 597 g/mol. The van der Waals surface area contributed by atoms with E-state index in [-0.39, 0.29) is 12.3 Å². The summed E-state index contributed by atoms with van der Waals surface area (Å²) in [6.07, 6.45) is 3.97. The minimum atomic E-state index is -0.933. The van der Waals surface area contributed by atoms with Gasteiger partial charge in [-0.2, -0.15) is 0 Å². The zero-order valence-electron chi connectivity index (χ0n) is 24.8. The summed E-state index contributed by atoms with van der Waals surface area (Å²) in [7, 11) is 1.58. The molecular weight excluding hydrogens is 552 g/mol. The van der Waals surface area contributed by atoms with Crippen molar-refractivity contribution >= 4 is 29.8 Å². The van der Waals surface area contributed by atoms with Gasteiger partial charge in [0.2, 0.25) is 5.91 Å². The first-order valence-electron chi connectivity index (χ1n) is 13.7. The second-order valence-corrected chi connectivity index (χ2v) is 9.09. The maximum absolute atomic E-state index is 10.6. The molecule has 0 radical (unpaired) electrons. The smallest absolute Gasteiger partial charge is 0.320 e. The Bertz CT molecular complexity index is 1190. The van der Waals surface area contributed by atoms with E-state index in [9.17, 15) is 19.2 Å². The summed E-state index contributed by atoms with van der Waals surface area (Å²) in [4.78, 5) is 41.3. The number of rotatable bonds is 12. The second kappa shape index (κ2) is 24.1. The van der Waals surface area contributed by atoms with E-state index < -0.39 is 18.0 Å². The summed E-state index contributed by atoms with van der Waals surface area (Å²) in [6.45, 7) is 2.78. The maximum atomic E-state index is 10.6. The van der Waals surface area contributed by atoms with Crippen LogP contribution in [0.15, 0.2) is 78.9 Å². The van der Waals surface area contributed by atoms with Gasteiger partial charge in [-0.3, -0.25) is 19.2 Å². The van der Waals surface area contributed by atoms with E-state index in [0.29, 0.717) is 24.2 Å². The van der Waals surface area contributed by atoms with Crippen molar-refractivity contribution in [1.29, 1.82) is 0 Å². The fourth-order valence-electron chi connectivity index (χ4n) is 3.21. The first kappa shape index (κ1) is 38.4. The van der Waals surface area contributed by atoms with Gasteiger partial charge in [0.15, 0.2) is 0 Å². The SMILES string of the molecule is CC(=O)Nc1ccc(C=O)cc1.COc1ccc(CC(=O)O)cc1.NCCCCC(N)C(=O)O.NCCc1ccccc1. The molecule has 0 aromatic heterocycles. The Kier molecular flexibility index (Phi) is 21.5. The zero-order chi connectivity index (χ0) is 32.5. The van der Waals surface area contributed by atoms with Gasteiger partial charge in [0, 0.05) is 18.2 Å². The number of unbranched alkanes of at least 4 members (excludes halogenated alkanes) is 1. The first-order valence-corrected chi connectivity index (χ1v) is 13.7. The summed E-state index contributed by atoms with van der Waals surface area (Å²) >= 11 is 0. The van der Waals surface area contributed by atoms with Crippen LogP contribution in [0.25, 0.3) is 0 Å². The highest BCUT2D eigenvalue weighted by atomic mass is 16.5. The van der Waals surface area contributed by atoms with Gasteiger partial charge in [0.25, 0.3) is 0 Å². The fraction of sp³-hybridized carbons (Fsp3) is 0.312. The van der Waals surface area contributed by atoms with Gasteiger partial charge in [0.05, 0.1) is 13.5 Å². The largest absolute Gasteiger partial charge is 0.497 e. The molecule has 0 aliphatic heterocycles. The number of benzene rings is 3. The number of carbonyl (C=O) groups is 4. The Balaban J connectivity index is 0.000000551. The topological polar surface area (TPSA) is 208 Å². The zero-order valence-corrected chi connectivity index (χ0v) is 24.8. The predicted octanol–water partition coefficient (Wildman–Crippen LogP) is 3.49. The summed E-state index contributed by atoms with van der Waals surface area (Å²) in [5.74, 6) is -1.13. The molecule has 3 rings (SSSR count). The molecule has 11 nitrogen and oxygen atoms in total. The van der Waals surface area contributed by atoms with Crippen molar-refractivity contribution in [1.82, 2.24) is 0 Å². The molecule has 1 atom stereocenters. The van der Waals surface area contributed by atoms with Gasteiger partial charge in [-0.1, -0.05) is 48.9 Å². The van der Waals surface area contributed by atoms with Crippen molar-refractivity contribution in [3.8, 4) is 5.75 Å². The van der Waals surface area contributed by atoms with E-state index in [0.717, 1.165) is 43.4 Å². The quantitative estimate of drug-likeness (QED) is 0.132. The molecule has 0 aliphatic rings. The van der Waals surface area contributed by atoms with Crippen molar-refractivity contribution in [2.24, 2.45) is 17.2 Å². The Hall–Kier alpha value is -4.58. The standard InChI is InChI=1S/C9H9NO2.C9H10O3.C8H11N.C6H14N2O2/c1-7(12)10-9-4-2-8(6-11)3-5-9;1-12-8-4-2-7(3-5-8)6-9(10)11;9-7-6-8-4-2-1-3-5-8;7-4-2-1-3-5(8)6(9)10/h2-6H,1H3,(H,10,12);2-5H,6H2,1H3,(H,10,11);1-5H,6-7,9H2;5H,1-4,7-8H2,(H,9,10). The van der Waals surface area contributed by atoms with Crippen LogP contribution >= 0.6 is 0 Å². The molecule has 11 heteroatoms. The van der Waals surface area contributed by atoms with Crippen molar-refractivity contribution in [2.45, 2.75) is 45.1 Å². The van der Waals surface area contributed by atoms with E-state index in [1.165, 1.54) is 12.5 Å². The molecule has 3 aromatic rings. The lowest BCUT2D eigenvalue weighted by atomic mass is 10.1. The lowest BCUT2D eigenvalue weighted by Gasteiger charge is -2.03. The summed E-state index contributed by atoms with van der Waals surface area (Å²) in [5.41, 5.74) is 19.2. The normalized spacial score (nSPS) is 10.2. The summed E-state index contributed by atoms with van der Waals surface area (Å²) in [5, 5.41) is 19.4. The molecule has 0 spiro atoms. The van der Waals surface area contributed by atoms with Gasteiger partial charge in [0.1, 0.15) is 18.1 Å². The number of nitrogens with two attached hydrogens (primary N) is 3. The highest BCUT2D eigenvalue weighted by Crippen LogP contribution is 2.11. The number of aldehydes is 1. The molecule has 0 aliphatic carbocycles. The van der Waals surface area contributed by atoms with E-state index >= 15 is 0 Å². The predicted molar refractivity (Wildman–Crippen MR) is 168 cm³/mol. The number of carboxylic acids is 2. The molecule has 43 heavy (non-hydrogen) atoms. The molecule has 0 saturated carbocycles. The fourth-order valence-corrected chi connectivity index (χ4v) is 3.21. The molecule has 0 saturated heterocycles. The van der Waals surface area contributed by atoms with Crippen LogP contribution in [0.2, 0.25) is 0 Å². The minimum Gasteiger partial charge on any atom is -0.497 e. The Morgan fingerprint density at radius 2 is 1.47 bits per heavy atom. The van der Waals surface area contributed by atoms with Crippen LogP contribution in [0, 0.1) is 0 Å².